The predicted octanol–water partition coefficient (Wildman–Crippen LogP) is 6.62. The van der Waals surface area contributed by atoms with Crippen molar-refractivity contribution in [2.45, 2.75) is 38.0 Å². The first-order valence-electron chi connectivity index (χ1n) is 11.9. The molecule has 0 saturated carbocycles. The van der Waals surface area contributed by atoms with Crippen molar-refractivity contribution in [3.8, 4) is 0 Å². The van der Waals surface area contributed by atoms with E-state index in [1.54, 1.807) is 23.1 Å². The van der Waals surface area contributed by atoms with Gasteiger partial charge in [-0.3, -0.25) is 14.6 Å². The second kappa shape index (κ2) is 13.8. The van der Waals surface area contributed by atoms with Crippen molar-refractivity contribution in [3.05, 3.63) is 52.5 Å². The molecule has 5 nitrogen and oxygen atoms in total. The summed E-state index contributed by atoms with van der Waals surface area (Å²) in [6.45, 7) is 9.40. The van der Waals surface area contributed by atoms with Crippen LogP contribution in [0.15, 0.2) is 41.3 Å². The second-order valence-corrected chi connectivity index (χ2v) is 11.2. The number of hydrogen-bond acceptors (Lipinski definition) is 6. The van der Waals surface area contributed by atoms with Crippen LogP contribution in [0.2, 0.25) is 5.02 Å². The lowest BCUT2D eigenvalue weighted by Crippen LogP contribution is -2.39. The molecule has 4 rings (SSSR count). The molecular formula is C26H33Cl2N3O2S2. The molecule has 3 aromatic rings. The van der Waals surface area contributed by atoms with Crippen LogP contribution in [0.4, 0.5) is 5.13 Å². The molecule has 0 N–H and O–H groups in total. The van der Waals surface area contributed by atoms with Gasteiger partial charge in [-0.25, -0.2) is 4.98 Å². The van der Waals surface area contributed by atoms with Crippen LogP contribution < -0.4 is 4.90 Å². The topological polar surface area (TPSA) is 45.7 Å². The highest BCUT2D eigenvalue weighted by atomic mass is 35.5. The SMILES string of the molecule is Cc1ccc(C)c2sc(N(CCCN3CCOCC3)C(=O)CCCSc3ccc(Cl)cc3)nc12.Cl. The Labute approximate surface area is 227 Å². The maximum atomic E-state index is 13.4. The summed E-state index contributed by atoms with van der Waals surface area (Å²) in [5, 5.41) is 1.57. The summed E-state index contributed by atoms with van der Waals surface area (Å²) in [5.41, 5.74) is 3.39. The summed E-state index contributed by atoms with van der Waals surface area (Å²) in [6.07, 6.45) is 2.28. The van der Waals surface area contributed by atoms with E-state index in [-0.39, 0.29) is 18.3 Å². The Hall–Kier alpha value is -1.35. The summed E-state index contributed by atoms with van der Waals surface area (Å²) in [4.78, 5) is 23.8. The number of morpholine rings is 1. The molecule has 1 saturated heterocycles. The van der Waals surface area contributed by atoms with E-state index in [0.717, 1.165) is 72.7 Å². The molecular weight excluding hydrogens is 521 g/mol. The number of fused-ring (bicyclic) bond motifs is 1. The Morgan fingerprint density at radius 2 is 1.83 bits per heavy atom. The first-order valence-corrected chi connectivity index (χ1v) is 14.0. The number of anilines is 1. The van der Waals surface area contributed by atoms with Gasteiger partial charge in [-0.2, -0.15) is 0 Å². The average molecular weight is 555 g/mol. The van der Waals surface area contributed by atoms with Crippen molar-refractivity contribution in [2.24, 2.45) is 0 Å². The van der Waals surface area contributed by atoms with E-state index in [9.17, 15) is 4.79 Å². The summed E-state index contributed by atoms with van der Waals surface area (Å²) in [6, 6.07) is 12.1. The Morgan fingerprint density at radius 1 is 1.11 bits per heavy atom. The number of carbonyl (C=O) groups excluding carboxylic acids is 1. The lowest BCUT2D eigenvalue weighted by molar-refractivity contribution is -0.118. The van der Waals surface area contributed by atoms with E-state index >= 15 is 0 Å². The minimum Gasteiger partial charge on any atom is -0.379 e. The molecule has 2 heterocycles. The molecule has 1 aliphatic rings. The number of ether oxygens (including phenoxy) is 1. The molecule has 9 heteroatoms. The Morgan fingerprint density at radius 3 is 2.54 bits per heavy atom. The van der Waals surface area contributed by atoms with Crippen molar-refractivity contribution in [1.82, 2.24) is 9.88 Å². The molecule has 0 bridgehead atoms. The fourth-order valence-corrected chi connectivity index (χ4v) is 6.18. The third-order valence-electron chi connectivity index (χ3n) is 6.04. The van der Waals surface area contributed by atoms with Crippen LogP contribution in [0.5, 0.6) is 0 Å². The van der Waals surface area contributed by atoms with Crippen LogP contribution in [0.3, 0.4) is 0 Å². The van der Waals surface area contributed by atoms with Crippen LogP contribution in [0, 0.1) is 13.8 Å². The zero-order valence-electron chi connectivity index (χ0n) is 20.3. The van der Waals surface area contributed by atoms with Crippen molar-refractivity contribution >= 4 is 68.4 Å². The zero-order valence-corrected chi connectivity index (χ0v) is 23.5. The van der Waals surface area contributed by atoms with Gasteiger partial charge in [-0.15, -0.1) is 24.2 Å². The van der Waals surface area contributed by atoms with Crippen LogP contribution in [0.25, 0.3) is 10.2 Å². The van der Waals surface area contributed by atoms with E-state index < -0.39 is 0 Å². The van der Waals surface area contributed by atoms with Crippen LogP contribution >= 0.6 is 47.1 Å². The van der Waals surface area contributed by atoms with Gasteiger partial charge in [-0.05, 0) is 67.8 Å². The fourth-order valence-electron chi connectivity index (χ4n) is 4.05. The maximum Gasteiger partial charge on any atom is 0.228 e. The minimum atomic E-state index is 0. The largest absolute Gasteiger partial charge is 0.379 e. The van der Waals surface area contributed by atoms with Crippen molar-refractivity contribution in [3.63, 3.8) is 0 Å². The molecule has 35 heavy (non-hydrogen) atoms. The van der Waals surface area contributed by atoms with Gasteiger partial charge in [0.2, 0.25) is 5.91 Å². The number of aromatic nitrogens is 1. The van der Waals surface area contributed by atoms with Gasteiger partial charge in [0.15, 0.2) is 5.13 Å². The van der Waals surface area contributed by atoms with E-state index in [0.29, 0.717) is 13.0 Å². The molecule has 1 fully saturated rings. The Kier molecular flexibility index (Phi) is 11.1. The lowest BCUT2D eigenvalue weighted by Gasteiger charge is -2.27. The molecule has 0 radical (unpaired) electrons. The predicted molar refractivity (Wildman–Crippen MR) is 152 cm³/mol. The van der Waals surface area contributed by atoms with E-state index in [1.807, 2.05) is 29.2 Å². The molecule has 0 unspecified atom stereocenters. The van der Waals surface area contributed by atoms with Gasteiger partial charge in [0, 0.05) is 42.5 Å². The van der Waals surface area contributed by atoms with E-state index in [2.05, 4.69) is 30.9 Å². The summed E-state index contributed by atoms with van der Waals surface area (Å²) >= 11 is 9.38. The van der Waals surface area contributed by atoms with Gasteiger partial charge in [0.25, 0.3) is 0 Å². The van der Waals surface area contributed by atoms with E-state index in [1.165, 1.54) is 15.2 Å². The Bertz CT molecular complexity index is 1060. The second-order valence-electron chi connectivity index (χ2n) is 8.63. The molecule has 2 aromatic carbocycles. The highest BCUT2D eigenvalue weighted by molar-refractivity contribution is 7.99. The smallest absolute Gasteiger partial charge is 0.228 e. The number of thioether (sulfide) groups is 1. The average Bonchev–Trinajstić information content (AvgIpc) is 3.30. The third-order valence-corrected chi connectivity index (χ3v) is 8.60. The van der Waals surface area contributed by atoms with Gasteiger partial charge in [0.05, 0.1) is 23.4 Å². The van der Waals surface area contributed by atoms with Gasteiger partial charge in [0.1, 0.15) is 0 Å². The molecule has 0 aliphatic carbocycles. The first-order chi connectivity index (χ1) is 16.5. The quantitative estimate of drug-likeness (QED) is 0.208. The number of carbonyl (C=O) groups is 1. The maximum absolute atomic E-state index is 13.4. The molecule has 190 valence electrons. The summed E-state index contributed by atoms with van der Waals surface area (Å²) in [5.74, 6) is 1.06. The third kappa shape index (κ3) is 7.81. The normalized spacial score (nSPS) is 14.1. The monoisotopic (exact) mass is 553 g/mol. The molecule has 0 atom stereocenters. The number of aryl methyl sites for hydroxylation is 2. The molecule has 1 amide bonds. The number of hydrogen-bond donors (Lipinski definition) is 0. The Balaban J connectivity index is 0.00000342. The molecule has 0 spiro atoms. The highest BCUT2D eigenvalue weighted by Gasteiger charge is 2.21. The van der Waals surface area contributed by atoms with Crippen LogP contribution in [0.1, 0.15) is 30.4 Å². The number of benzene rings is 2. The van der Waals surface area contributed by atoms with Gasteiger partial charge < -0.3 is 4.74 Å². The van der Waals surface area contributed by atoms with Crippen molar-refractivity contribution in [1.29, 1.82) is 0 Å². The fraction of sp³-hybridized carbons (Fsp3) is 0.462. The number of rotatable bonds is 10. The highest BCUT2D eigenvalue weighted by Crippen LogP contribution is 2.33. The molecule has 1 aromatic heterocycles. The van der Waals surface area contributed by atoms with Gasteiger partial charge in [-0.1, -0.05) is 35.1 Å². The number of nitrogens with zero attached hydrogens (tertiary/aromatic N) is 3. The van der Waals surface area contributed by atoms with Gasteiger partial charge >= 0.3 is 0 Å². The molecule has 1 aliphatic heterocycles. The number of halogens is 2. The van der Waals surface area contributed by atoms with Crippen LogP contribution in [-0.4, -0.2) is 60.9 Å². The first kappa shape index (κ1) is 28.2. The zero-order chi connectivity index (χ0) is 23.9. The number of amides is 1. The number of thiazole rings is 1. The van der Waals surface area contributed by atoms with Crippen LogP contribution in [-0.2, 0) is 9.53 Å². The lowest BCUT2D eigenvalue weighted by atomic mass is 10.1. The standard InChI is InChI=1S/C26H32ClN3O2S2.ClH/c1-19-6-7-20(2)25-24(19)28-26(34-25)30(13-4-12-29-14-16-32-17-15-29)23(31)5-3-18-33-22-10-8-21(27)9-11-22;/h6-11H,3-5,12-18H2,1-2H3;1H. The summed E-state index contributed by atoms with van der Waals surface area (Å²) < 4.78 is 6.64. The van der Waals surface area contributed by atoms with Crippen molar-refractivity contribution < 1.29 is 9.53 Å². The van der Waals surface area contributed by atoms with Crippen molar-refractivity contribution in [2.75, 3.05) is 50.0 Å². The van der Waals surface area contributed by atoms with E-state index in [4.69, 9.17) is 21.3 Å². The minimum absolute atomic E-state index is 0. The summed E-state index contributed by atoms with van der Waals surface area (Å²) in [7, 11) is 0.